The van der Waals surface area contributed by atoms with E-state index in [2.05, 4.69) is 15.5 Å². The molecule has 8 heteroatoms. The standard InChI is InChI=1S/C18H20N4O3S/c1-13-5-3-6-14(11-13)24-10-8-19-16(23)12-26-18-21-20-17(22(18)2)15-7-4-9-25-15/h3-7,9,11H,8,10,12H2,1-2H3,(H,19,23). The third kappa shape index (κ3) is 4.66. The SMILES string of the molecule is Cc1cccc(OCCNC(=O)CSc2nnc(-c3ccco3)n2C)c1. The van der Waals surface area contributed by atoms with Crippen LogP contribution in [0.4, 0.5) is 0 Å². The number of benzene rings is 1. The van der Waals surface area contributed by atoms with E-state index in [9.17, 15) is 4.79 Å². The summed E-state index contributed by atoms with van der Waals surface area (Å²) >= 11 is 1.32. The fourth-order valence-electron chi connectivity index (χ4n) is 2.31. The molecule has 7 nitrogen and oxygen atoms in total. The maximum atomic E-state index is 12.0. The minimum absolute atomic E-state index is 0.0783. The van der Waals surface area contributed by atoms with Crippen LogP contribution in [-0.2, 0) is 11.8 Å². The Bertz CT molecular complexity index is 861. The molecule has 2 heterocycles. The van der Waals surface area contributed by atoms with Gasteiger partial charge in [0.15, 0.2) is 16.7 Å². The molecule has 3 rings (SSSR count). The van der Waals surface area contributed by atoms with Crippen molar-refractivity contribution in [2.24, 2.45) is 7.05 Å². The monoisotopic (exact) mass is 372 g/mol. The van der Waals surface area contributed by atoms with E-state index in [4.69, 9.17) is 9.15 Å². The predicted octanol–water partition coefficient (Wildman–Crippen LogP) is 2.67. The summed E-state index contributed by atoms with van der Waals surface area (Å²) in [6.07, 6.45) is 1.59. The number of furan rings is 1. The van der Waals surface area contributed by atoms with Crippen LogP contribution in [0, 0.1) is 6.92 Å². The molecule has 0 fully saturated rings. The number of hydrogen-bond acceptors (Lipinski definition) is 6. The van der Waals surface area contributed by atoms with Gasteiger partial charge in [-0.1, -0.05) is 23.9 Å². The van der Waals surface area contributed by atoms with E-state index in [0.29, 0.717) is 29.9 Å². The van der Waals surface area contributed by atoms with Gasteiger partial charge in [-0.3, -0.25) is 4.79 Å². The number of ether oxygens (including phenoxy) is 1. The topological polar surface area (TPSA) is 82.2 Å². The van der Waals surface area contributed by atoms with Gasteiger partial charge in [-0.05, 0) is 36.8 Å². The summed E-state index contributed by atoms with van der Waals surface area (Å²) in [7, 11) is 1.84. The van der Waals surface area contributed by atoms with Crippen molar-refractivity contribution in [2.45, 2.75) is 12.1 Å². The van der Waals surface area contributed by atoms with Crippen molar-refractivity contribution in [3.05, 3.63) is 48.2 Å². The van der Waals surface area contributed by atoms with Crippen molar-refractivity contribution in [3.8, 4) is 17.3 Å². The van der Waals surface area contributed by atoms with E-state index < -0.39 is 0 Å². The van der Waals surface area contributed by atoms with Gasteiger partial charge in [0.2, 0.25) is 5.91 Å². The van der Waals surface area contributed by atoms with Crippen molar-refractivity contribution in [2.75, 3.05) is 18.9 Å². The average Bonchev–Trinajstić information content (AvgIpc) is 3.27. The summed E-state index contributed by atoms with van der Waals surface area (Å²) in [5.41, 5.74) is 1.14. The molecule has 2 aromatic heterocycles. The molecule has 0 saturated heterocycles. The molecule has 136 valence electrons. The van der Waals surface area contributed by atoms with E-state index in [1.807, 2.05) is 44.3 Å². The van der Waals surface area contributed by atoms with Gasteiger partial charge in [-0.25, -0.2) is 0 Å². The van der Waals surface area contributed by atoms with Crippen LogP contribution in [0.5, 0.6) is 5.75 Å². The van der Waals surface area contributed by atoms with Crippen molar-refractivity contribution >= 4 is 17.7 Å². The molecule has 1 amide bonds. The number of nitrogens with zero attached hydrogens (tertiary/aromatic N) is 3. The highest BCUT2D eigenvalue weighted by Gasteiger charge is 2.14. The van der Waals surface area contributed by atoms with Crippen LogP contribution in [0.2, 0.25) is 0 Å². The average molecular weight is 372 g/mol. The summed E-state index contributed by atoms with van der Waals surface area (Å²) in [6, 6.07) is 11.4. The zero-order chi connectivity index (χ0) is 18.4. The molecule has 3 aromatic rings. The number of hydrogen-bond donors (Lipinski definition) is 1. The Morgan fingerprint density at radius 2 is 2.19 bits per heavy atom. The number of rotatable bonds is 8. The van der Waals surface area contributed by atoms with Gasteiger partial charge in [0.1, 0.15) is 12.4 Å². The highest BCUT2D eigenvalue weighted by Crippen LogP contribution is 2.22. The molecular formula is C18H20N4O3S. The van der Waals surface area contributed by atoms with E-state index in [1.54, 1.807) is 16.9 Å². The first-order valence-corrected chi connectivity index (χ1v) is 9.14. The minimum Gasteiger partial charge on any atom is -0.492 e. The van der Waals surface area contributed by atoms with Crippen LogP contribution in [-0.4, -0.2) is 39.6 Å². The van der Waals surface area contributed by atoms with Gasteiger partial charge in [0.05, 0.1) is 18.6 Å². The molecule has 0 saturated carbocycles. The first-order valence-electron chi connectivity index (χ1n) is 8.16. The van der Waals surface area contributed by atoms with Crippen LogP contribution in [0.1, 0.15) is 5.56 Å². The maximum Gasteiger partial charge on any atom is 0.230 e. The Morgan fingerprint density at radius 1 is 1.31 bits per heavy atom. The largest absolute Gasteiger partial charge is 0.492 e. The second-order valence-electron chi connectivity index (χ2n) is 5.65. The molecule has 1 aromatic carbocycles. The molecule has 0 radical (unpaired) electrons. The third-order valence-electron chi connectivity index (χ3n) is 3.59. The number of carbonyl (C=O) groups is 1. The zero-order valence-corrected chi connectivity index (χ0v) is 15.5. The van der Waals surface area contributed by atoms with Crippen molar-refractivity contribution in [1.29, 1.82) is 0 Å². The van der Waals surface area contributed by atoms with E-state index in [1.165, 1.54) is 11.8 Å². The van der Waals surface area contributed by atoms with Crippen LogP contribution in [0.15, 0.2) is 52.2 Å². The quantitative estimate of drug-likeness (QED) is 0.484. The number of aromatic nitrogens is 3. The van der Waals surface area contributed by atoms with Gasteiger partial charge in [-0.2, -0.15) is 0 Å². The number of nitrogens with one attached hydrogen (secondary N) is 1. The number of amides is 1. The van der Waals surface area contributed by atoms with Crippen LogP contribution < -0.4 is 10.1 Å². The molecule has 0 atom stereocenters. The number of carbonyl (C=O) groups excluding carboxylic acids is 1. The second-order valence-corrected chi connectivity index (χ2v) is 6.59. The normalized spacial score (nSPS) is 10.7. The Kier molecular flexibility index (Phi) is 5.96. The lowest BCUT2D eigenvalue weighted by atomic mass is 10.2. The van der Waals surface area contributed by atoms with E-state index >= 15 is 0 Å². The van der Waals surface area contributed by atoms with Crippen molar-refractivity contribution < 1.29 is 13.9 Å². The highest BCUT2D eigenvalue weighted by molar-refractivity contribution is 7.99. The molecule has 0 aliphatic heterocycles. The van der Waals surface area contributed by atoms with Crippen LogP contribution in [0.3, 0.4) is 0 Å². The molecule has 0 spiro atoms. The molecule has 0 aliphatic rings. The third-order valence-corrected chi connectivity index (χ3v) is 4.61. The van der Waals surface area contributed by atoms with Crippen molar-refractivity contribution in [3.63, 3.8) is 0 Å². The van der Waals surface area contributed by atoms with Crippen LogP contribution in [0.25, 0.3) is 11.6 Å². The van der Waals surface area contributed by atoms with Gasteiger partial charge >= 0.3 is 0 Å². The summed E-state index contributed by atoms with van der Waals surface area (Å²) < 4.78 is 12.7. The zero-order valence-electron chi connectivity index (χ0n) is 14.6. The lowest BCUT2D eigenvalue weighted by Gasteiger charge is -2.08. The summed E-state index contributed by atoms with van der Waals surface area (Å²) in [4.78, 5) is 12.0. The van der Waals surface area contributed by atoms with Gasteiger partial charge in [0, 0.05) is 7.05 Å². The van der Waals surface area contributed by atoms with Gasteiger partial charge in [0.25, 0.3) is 0 Å². The molecule has 0 unspecified atom stereocenters. The number of thioether (sulfide) groups is 1. The minimum atomic E-state index is -0.0783. The Balaban J connectivity index is 1.40. The predicted molar refractivity (Wildman–Crippen MR) is 99.1 cm³/mol. The van der Waals surface area contributed by atoms with Gasteiger partial charge < -0.3 is 19.0 Å². The Labute approximate surface area is 155 Å². The molecule has 1 N–H and O–H groups in total. The lowest BCUT2D eigenvalue weighted by molar-refractivity contribution is -0.118. The summed E-state index contributed by atoms with van der Waals surface area (Å²) in [5, 5.41) is 11.7. The molecule has 26 heavy (non-hydrogen) atoms. The second kappa shape index (κ2) is 8.57. The Morgan fingerprint density at radius 3 is 2.96 bits per heavy atom. The number of aryl methyl sites for hydroxylation is 1. The first kappa shape index (κ1) is 18.1. The smallest absolute Gasteiger partial charge is 0.230 e. The van der Waals surface area contributed by atoms with Crippen LogP contribution >= 0.6 is 11.8 Å². The highest BCUT2D eigenvalue weighted by atomic mass is 32.2. The fourth-order valence-corrected chi connectivity index (χ4v) is 3.05. The molecular weight excluding hydrogens is 352 g/mol. The first-order chi connectivity index (χ1) is 12.6. The van der Waals surface area contributed by atoms with Gasteiger partial charge in [-0.15, -0.1) is 10.2 Å². The Hall–Kier alpha value is -2.74. The maximum absolute atomic E-state index is 12.0. The lowest BCUT2D eigenvalue weighted by Crippen LogP contribution is -2.29. The summed E-state index contributed by atoms with van der Waals surface area (Å²) in [6.45, 7) is 2.88. The van der Waals surface area contributed by atoms with E-state index in [-0.39, 0.29) is 11.7 Å². The molecule has 0 bridgehead atoms. The summed E-state index contributed by atoms with van der Waals surface area (Å²) in [5.74, 6) is 2.26. The van der Waals surface area contributed by atoms with Crippen molar-refractivity contribution in [1.82, 2.24) is 20.1 Å². The molecule has 0 aliphatic carbocycles. The van der Waals surface area contributed by atoms with E-state index in [0.717, 1.165) is 11.3 Å². The fraction of sp³-hybridized carbons (Fsp3) is 0.278.